The number of nitrogens with one attached hydrogen (secondary N) is 1. The Bertz CT molecular complexity index is 505. The highest BCUT2D eigenvalue weighted by Crippen LogP contribution is 2.38. The number of hydrogen-bond donors (Lipinski definition) is 2. The Morgan fingerprint density at radius 3 is 2.78 bits per heavy atom. The van der Waals surface area contributed by atoms with E-state index in [9.17, 15) is 14.7 Å². The third kappa shape index (κ3) is 2.46. The minimum Gasteiger partial charge on any atom is -0.478 e. The number of amides is 1. The van der Waals surface area contributed by atoms with Gasteiger partial charge in [-0.05, 0) is 31.2 Å². The summed E-state index contributed by atoms with van der Waals surface area (Å²) in [5.74, 6) is -1.17. The van der Waals surface area contributed by atoms with Crippen LogP contribution in [0.1, 0.15) is 40.1 Å². The monoisotopic (exact) mass is 265 g/mol. The van der Waals surface area contributed by atoms with Crippen molar-refractivity contribution in [2.75, 3.05) is 5.32 Å². The average Bonchev–Trinajstić information content (AvgIpc) is 2.66. The van der Waals surface area contributed by atoms with Gasteiger partial charge in [-0.15, -0.1) is 17.9 Å². The van der Waals surface area contributed by atoms with Crippen molar-refractivity contribution in [1.29, 1.82) is 0 Å². The lowest BCUT2D eigenvalue weighted by atomic mass is 9.95. The van der Waals surface area contributed by atoms with E-state index in [0.717, 1.165) is 36.1 Å². The molecule has 0 atom stereocenters. The van der Waals surface area contributed by atoms with Gasteiger partial charge < -0.3 is 10.4 Å². The van der Waals surface area contributed by atoms with Crippen LogP contribution >= 0.6 is 11.3 Å². The number of anilines is 1. The highest BCUT2D eigenvalue weighted by atomic mass is 32.1. The van der Waals surface area contributed by atoms with E-state index in [1.165, 1.54) is 17.4 Å². The van der Waals surface area contributed by atoms with Crippen molar-refractivity contribution >= 4 is 28.2 Å². The summed E-state index contributed by atoms with van der Waals surface area (Å²) in [5.41, 5.74) is 1.19. The third-order valence-corrected chi connectivity index (χ3v) is 4.18. The van der Waals surface area contributed by atoms with Crippen LogP contribution in [0.3, 0.4) is 0 Å². The SMILES string of the molecule is C=CCC(=O)Nc1sc2c(c1C(=O)O)CCCC2. The topological polar surface area (TPSA) is 66.4 Å². The minimum absolute atomic E-state index is 0.196. The second kappa shape index (κ2) is 5.35. The zero-order chi connectivity index (χ0) is 13.1. The second-order valence-corrected chi connectivity index (χ2v) is 5.37. The molecule has 18 heavy (non-hydrogen) atoms. The maximum atomic E-state index is 11.5. The minimum atomic E-state index is -0.955. The summed E-state index contributed by atoms with van der Waals surface area (Å²) in [5, 5.41) is 12.4. The number of aromatic carboxylic acids is 1. The molecule has 2 N–H and O–H groups in total. The van der Waals surface area contributed by atoms with Crippen LogP contribution in [0.5, 0.6) is 0 Å². The fourth-order valence-electron chi connectivity index (χ4n) is 2.19. The third-order valence-electron chi connectivity index (χ3n) is 2.97. The number of thiophene rings is 1. The molecule has 0 aliphatic heterocycles. The second-order valence-electron chi connectivity index (χ2n) is 4.26. The lowest BCUT2D eigenvalue weighted by Gasteiger charge is -2.10. The largest absolute Gasteiger partial charge is 0.478 e. The number of rotatable bonds is 4. The van der Waals surface area contributed by atoms with Gasteiger partial charge in [0.15, 0.2) is 0 Å². The molecule has 0 fully saturated rings. The Hall–Kier alpha value is -1.62. The normalized spacial score (nSPS) is 13.8. The molecule has 0 saturated heterocycles. The van der Waals surface area contributed by atoms with Crippen molar-refractivity contribution in [2.45, 2.75) is 32.1 Å². The van der Waals surface area contributed by atoms with Crippen LogP contribution in [0.2, 0.25) is 0 Å². The van der Waals surface area contributed by atoms with Gasteiger partial charge in [0.1, 0.15) is 5.00 Å². The predicted molar refractivity (Wildman–Crippen MR) is 71.4 cm³/mol. The number of carboxylic acids is 1. The first-order valence-electron chi connectivity index (χ1n) is 5.92. The molecule has 0 spiro atoms. The van der Waals surface area contributed by atoms with E-state index in [4.69, 9.17) is 0 Å². The number of carbonyl (C=O) groups is 2. The molecule has 2 rings (SSSR count). The quantitative estimate of drug-likeness (QED) is 0.823. The van der Waals surface area contributed by atoms with Crippen LogP contribution in [0.4, 0.5) is 5.00 Å². The van der Waals surface area contributed by atoms with E-state index in [-0.39, 0.29) is 17.9 Å². The van der Waals surface area contributed by atoms with Crippen LogP contribution in [-0.4, -0.2) is 17.0 Å². The highest BCUT2D eigenvalue weighted by molar-refractivity contribution is 7.17. The van der Waals surface area contributed by atoms with E-state index in [0.29, 0.717) is 5.00 Å². The van der Waals surface area contributed by atoms with Crippen molar-refractivity contribution in [3.63, 3.8) is 0 Å². The first kappa shape index (κ1) is 12.8. The molecule has 0 radical (unpaired) electrons. The Morgan fingerprint density at radius 2 is 2.11 bits per heavy atom. The van der Waals surface area contributed by atoms with E-state index in [1.54, 1.807) is 0 Å². The lowest BCUT2D eigenvalue weighted by Crippen LogP contribution is -2.12. The predicted octanol–water partition coefficient (Wildman–Crippen LogP) is 2.84. The van der Waals surface area contributed by atoms with Gasteiger partial charge in [0.25, 0.3) is 0 Å². The van der Waals surface area contributed by atoms with Gasteiger partial charge in [-0.1, -0.05) is 6.08 Å². The van der Waals surface area contributed by atoms with Crippen molar-refractivity contribution < 1.29 is 14.7 Å². The average molecular weight is 265 g/mol. The summed E-state index contributed by atoms with van der Waals surface area (Å²) in [6, 6.07) is 0. The molecule has 1 amide bonds. The van der Waals surface area contributed by atoms with Gasteiger partial charge in [-0.25, -0.2) is 4.79 Å². The van der Waals surface area contributed by atoms with Gasteiger partial charge in [-0.3, -0.25) is 4.79 Å². The summed E-state index contributed by atoms with van der Waals surface area (Å²) < 4.78 is 0. The van der Waals surface area contributed by atoms with E-state index < -0.39 is 5.97 Å². The zero-order valence-corrected chi connectivity index (χ0v) is 10.8. The molecule has 1 heterocycles. The molecule has 5 heteroatoms. The first-order chi connectivity index (χ1) is 8.63. The molecule has 0 saturated carbocycles. The Kier molecular flexibility index (Phi) is 3.81. The summed E-state index contributed by atoms with van der Waals surface area (Å²) in [6.45, 7) is 3.49. The molecule has 0 aromatic carbocycles. The fraction of sp³-hybridized carbons (Fsp3) is 0.385. The number of fused-ring (bicyclic) bond motifs is 1. The standard InChI is InChI=1S/C13H15NO3S/c1-2-5-10(15)14-12-11(13(16)17)8-6-3-4-7-9(8)18-12/h2H,1,3-7H2,(H,14,15)(H,16,17). The van der Waals surface area contributed by atoms with Crippen molar-refractivity contribution in [3.8, 4) is 0 Å². The summed E-state index contributed by atoms with van der Waals surface area (Å²) in [7, 11) is 0. The van der Waals surface area contributed by atoms with Gasteiger partial charge in [0, 0.05) is 11.3 Å². The molecule has 1 aromatic heterocycles. The Morgan fingerprint density at radius 1 is 1.39 bits per heavy atom. The summed E-state index contributed by atoms with van der Waals surface area (Å²) in [6.07, 6.45) is 5.52. The van der Waals surface area contributed by atoms with Crippen LogP contribution in [0, 0.1) is 0 Å². The Balaban J connectivity index is 2.34. The molecule has 0 unspecified atom stereocenters. The molecule has 96 valence electrons. The van der Waals surface area contributed by atoms with Crippen LogP contribution in [-0.2, 0) is 17.6 Å². The number of aryl methyl sites for hydroxylation is 1. The lowest BCUT2D eigenvalue weighted by molar-refractivity contribution is -0.115. The van der Waals surface area contributed by atoms with Crippen LogP contribution in [0.15, 0.2) is 12.7 Å². The van der Waals surface area contributed by atoms with Gasteiger partial charge in [0.05, 0.1) is 5.56 Å². The number of carbonyl (C=O) groups excluding carboxylic acids is 1. The maximum Gasteiger partial charge on any atom is 0.339 e. The molecule has 1 aliphatic carbocycles. The van der Waals surface area contributed by atoms with E-state index >= 15 is 0 Å². The van der Waals surface area contributed by atoms with Gasteiger partial charge in [0.2, 0.25) is 5.91 Å². The summed E-state index contributed by atoms with van der Waals surface area (Å²) in [4.78, 5) is 24.0. The smallest absolute Gasteiger partial charge is 0.339 e. The fourth-order valence-corrected chi connectivity index (χ4v) is 3.49. The van der Waals surface area contributed by atoms with E-state index in [2.05, 4.69) is 11.9 Å². The molecule has 1 aliphatic rings. The van der Waals surface area contributed by atoms with Crippen molar-refractivity contribution in [3.05, 3.63) is 28.7 Å². The molecular weight excluding hydrogens is 250 g/mol. The maximum absolute atomic E-state index is 11.5. The van der Waals surface area contributed by atoms with Crippen molar-refractivity contribution in [2.24, 2.45) is 0 Å². The van der Waals surface area contributed by atoms with Gasteiger partial charge >= 0.3 is 5.97 Å². The van der Waals surface area contributed by atoms with Crippen LogP contribution < -0.4 is 5.32 Å². The summed E-state index contributed by atoms with van der Waals surface area (Å²) >= 11 is 1.40. The Labute approximate surface area is 109 Å². The highest BCUT2D eigenvalue weighted by Gasteiger charge is 2.25. The molecule has 1 aromatic rings. The number of hydrogen-bond acceptors (Lipinski definition) is 3. The number of carboxylic acid groups (broad SMARTS) is 1. The van der Waals surface area contributed by atoms with Crippen LogP contribution in [0.25, 0.3) is 0 Å². The molecular formula is C13H15NO3S. The molecule has 0 bridgehead atoms. The van der Waals surface area contributed by atoms with Gasteiger partial charge in [-0.2, -0.15) is 0 Å². The van der Waals surface area contributed by atoms with Crippen molar-refractivity contribution in [1.82, 2.24) is 0 Å². The first-order valence-corrected chi connectivity index (χ1v) is 6.73. The zero-order valence-electron chi connectivity index (χ0n) is 9.99. The van der Waals surface area contributed by atoms with E-state index in [1.807, 2.05) is 0 Å². The molecule has 4 nitrogen and oxygen atoms in total.